The summed E-state index contributed by atoms with van der Waals surface area (Å²) >= 11 is 7.81. The first-order chi connectivity index (χ1) is 15.0. The van der Waals surface area contributed by atoms with Crippen molar-refractivity contribution in [1.29, 1.82) is 0 Å². The van der Waals surface area contributed by atoms with E-state index in [4.69, 9.17) is 21.1 Å². The number of halogens is 1. The first-order valence-electron chi connectivity index (χ1n) is 9.75. The van der Waals surface area contributed by atoms with Gasteiger partial charge in [-0.15, -0.1) is 0 Å². The third kappa shape index (κ3) is 4.45. The number of ether oxygens (including phenoxy) is 2. The minimum absolute atomic E-state index is 0.177. The average Bonchev–Trinajstić information content (AvgIpc) is 3.31. The minimum atomic E-state index is -0.248. The molecule has 0 radical (unpaired) electrons. The van der Waals surface area contributed by atoms with Crippen LogP contribution in [0.15, 0.2) is 47.3 Å². The normalized spacial score (nSPS) is 12.2. The smallest absolute Gasteiger partial charge is 0.295 e. The van der Waals surface area contributed by atoms with E-state index in [-0.39, 0.29) is 18.3 Å². The Bertz CT molecular complexity index is 1170. The quantitative estimate of drug-likeness (QED) is 0.538. The fourth-order valence-electron chi connectivity index (χ4n) is 3.37. The van der Waals surface area contributed by atoms with Crippen molar-refractivity contribution < 1.29 is 14.3 Å². The molecule has 31 heavy (non-hydrogen) atoms. The van der Waals surface area contributed by atoms with Crippen LogP contribution in [0.2, 0.25) is 5.02 Å². The number of amides is 1. The van der Waals surface area contributed by atoms with Crippen molar-refractivity contribution in [3.63, 3.8) is 0 Å². The standard InChI is InChI=1S/C22H22ClN3O4S/c1-14-20(22(28)26(25(14)2)16-6-4-3-5-7-16)24-19(27)8-9-31-12-15-10-17(23)21-18(11-15)29-13-30-21/h3-7,10-11H,8-9,12-13H2,1-2H3,(H,24,27). The van der Waals surface area contributed by atoms with E-state index in [0.717, 1.165) is 11.3 Å². The molecule has 0 atom stereocenters. The van der Waals surface area contributed by atoms with Gasteiger partial charge in [-0.3, -0.25) is 14.3 Å². The van der Waals surface area contributed by atoms with Gasteiger partial charge in [0.2, 0.25) is 12.7 Å². The fourth-order valence-corrected chi connectivity index (χ4v) is 4.54. The third-order valence-corrected chi connectivity index (χ3v) is 6.36. The zero-order valence-electron chi connectivity index (χ0n) is 17.2. The molecule has 0 unspecified atom stereocenters. The van der Waals surface area contributed by atoms with Crippen LogP contribution in [0.1, 0.15) is 17.7 Å². The van der Waals surface area contributed by atoms with Gasteiger partial charge < -0.3 is 14.8 Å². The van der Waals surface area contributed by atoms with Gasteiger partial charge in [0, 0.05) is 25.0 Å². The second-order valence-corrected chi connectivity index (χ2v) is 8.61. The molecular formula is C22H22ClN3O4S. The van der Waals surface area contributed by atoms with Crippen LogP contribution < -0.4 is 20.3 Å². The van der Waals surface area contributed by atoms with Crippen molar-refractivity contribution >= 4 is 35.0 Å². The van der Waals surface area contributed by atoms with Crippen molar-refractivity contribution in [3.8, 4) is 17.2 Å². The molecule has 1 amide bonds. The molecule has 0 spiro atoms. The van der Waals surface area contributed by atoms with Crippen LogP contribution >= 0.6 is 23.4 Å². The number of thioether (sulfide) groups is 1. The summed E-state index contributed by atoms with van der Waals surface area (Å²) in [5.74, 6) is 2.33. The molecule has 1 aliphatic heterocycles. The maximum absolute atomic E-state index is 12.9. The van der Waals surface area contributed by atoms with Gasteiger partial charge in [-0.2, -0.15) is 11.8 Å². The van der Waals surface area contributed by atoms with E-state index in [1.807, 2.05) is 49.4 Å². The third-order valence-electron chi connectivity index (χ3n) is 5.05. The molecule has 1 aromatic heterocycles. The molecule has 0 bridgehead atoms. The second kappa shape index (κ2) is 9.11. The first-order valence-corrected chi connectivity index (χ1v) is 11.3. The molecular weight excluding hydrogens is 438 g/mol. The van der Waals surface area contributed by atoms with Crippen molar-refractivity contribution in [3.05, 3.63) is 69.1 Å². The Labute approximate surface area is 188 Å². The summed E-state index contributed by atoms with van der Waals surface area (Å²) in [6, 6.07) is 13.1. The van der Waals surface area contributed by atoms with E-state index in [0.29, 0.717) is 45.8 Å². The summed E-state index contributed by atoms with van der Waals surface area (Å²) in [4.78, 5) is 25.3. The predicted octanol–water partition coefficient (Wildman–Crippen LogP) is 4.13. The molecule has 2 heterocycles. The largest absolute Gasteiger partial charge is 0.454 e. The van der Waals surface area contributed by atoms with Crippen LogP contribution in [0.4, 0.5) is 5.69 Å². The number of anilines is 1. The van der Waals surface area contributed by atoms with Crippen LogP contribution in [-0.2, 0) is 17.6 Å². The number of rotatable bonds is 7. The molecule has 0 saturated carbocycles. The highest BCUT2D eigenvalue weighted by molar-refractivity contribution is 7.98. The van der Waals surface area contributed by atoms with Crippen molar-refractivity contribution in [1.82, 2.24) is 9.36 Å². The Morgan fingerprint density at radius 1 is 1.23 bits per heavy atom. The van der Waals surface area contributed by atoms with E-state index in [2.05, 4.69) is 5.32 Å². The highest BCUT2D eigenvalue weighted by Crippen LogP contribution is 2.40. The highest BCUT2D eigenvalue weighted by Gasteiger charge is 2.19. The summed E-state index contributed by atoms with van der Waals surface area (Å²) in [5, 5.41) is 3.31. The molecule has 1 aliphatic rings. The van der Waals surface area contributed by atoms with E-state index in [1.54, 1.807) is 28.2 Å². The molecule has 9 heteroatoms. The number of carbonyl (C=O) groups excluding carboxylic acids is 1. The maximum Gasteiger partial charge on any atom is 0.295 e. The zero-order valence-corrected chi connectivity index (χ0v) is 18.8. The monoisotopic (exact) mass is 459 g/mol. The zero-order chi connectivity index (χ0) is 22.0. The number of hydrogen-bond acceptors (Lipinski definition) is 5. The molecule has 0 saturated heterocycles. The Balaban J connectivity index is 1.35. The highest BCUT2D eigenvalue weighted by atomic mass is 35.5. The van der Waals surface area contributed by atoms with Gasteiger partial charge in [0.1, 0.15) is 5.69 Å². The molecule has 162 valence electrons. The predicted molar refractivity (Wildman–Crippen MR) is 123 cm³/mol. The van der Waals surface area contributed by atoms with E-state index < -0.39 is 0 Å². The number of benzene rings is 2. The lowest BCUT2D eigenvalue weighted by Gasteiger charge is -2.07. The number of para-hydroxylation sites is 1. The maximum atomic E-state index is 12.9. The molecule has 1 N–H and O–H groups in total. The lowest BCUT2D eigenvalue weighted by molar-refractivity contribution is -0.115. The molecule has 0 fully saturated rings. The van der Waals surface area contributed by atoms with E-state index >= 15 is 0 Å². The number of hydrogen-bond donors (Lipinski definition) is 1. The van der Waals surface area contributed by atoms with Gasteiger partial charge in [-0.25, -0.2) is 4.68 Å². The number of nitrogens with zero attached hydrogens (tertiary/aromatic N) is 2. The van der Waals surface area contributed by atoms with Gasteiger partial charge in [0.15, 0.2) is 11.5 Å². The van der Waals surface area contributed by atoms with Crippen molar-refractivity contribution in [2.24, 2.45) is 7.05 Å². The summed E-state index contributed by atoms with van der Waals surface area (Å²) < 4.78 is 14.0. The van der Waals surface area contributed by atoms with Crippen molar-refractivity contribution in [2.45, 2.75) is 19.1 Å². The van der Waals surface area contributed by atoms with Crippen molar-refractivity contribution in [2.75, 3.05) is 17.9 Å². The number of fused-ring (bicyclic) bond motifs is 1. The molecule has 4 rings (SSSR count). The van der Waals surface area contributed by atoms with E-state index in [1.165, 1.54) is 0 Å². The van der Waals surface area contributed by atoms with Gasteiger partial charge in [-0.05, 0) is 36.8 Å². The number of carbonyl (C=O) groups is 1. The van der Waals surface area contributed by atoms with Crippen LogP contribution in [0.25, 0.3) is 5.69 Å². The van der Waals surface area contributed by atoms with Crippen LogP contribution in [0, 0.1) is 6.92 Å². The Hall–Kier alpha value is -2.84. The Kier molecular flexibility index (Phi) is 6.29. The molecule has 3 aromatic rings. The van der Waals surface area contributed by atoms with E-state index in [9.17, 15) is 9.59 Å². The van der Waals surface area contributed by atoms with Crippen LogP contribution in [0.5, 0.6) is 11.5 Å². The average molecular weight is 460 g/mol. The summed E-state index contributed by atoms with van der Waals surface area (Å²) in [5.41, 5.74) is 2.51. The molecule has 0 aliphatic carbocycles. The van der Waals surface area contributed by atoms with Gasteiger partial charge >= 0.3 is 0 Å². The Morgan fingerprint density at radius 2 is 2.00 bits per heavy atom. The number of aromatic nitrogens is 2. The van der Waals surface area contributed by atoms with Gasteiger partial charge in [0.05, 0.1) is 16.4 Å². The summed E-state index contributed by atoms with van der Waals surface area (Å²) in [7, 11) is 1.80. The second-order valence-electron chi connectivity index (χ2n) is 7.10. The van der Waals surface area contributed by atoms with Crippen LogP contribution in [0.3, 0.4) is 0 Å². The van der Waals surface area contributed by atoms with Gasteiger partial charge in [0.25, 0.3) is 5.56 Å². The first kappa shape index (κ1) is 21.4. The van der Waals surface area contributed by atoms with Gasteiger partial charge in [-0.1, -0.05) is 29.8 Å². The summed E-state index contributed by atoms with van der Waals surface area (Å²) in [6.45, 7) is 1.99. The SMILES string of the molecule is Cc1c(NC(=O)CCSCc2cc(Cl)c3c(c2)OCO3)c(=O)n(-c2ccccc2)n1C. The number of nitrogens with one attached hydrogen (secondary N) is 1. The Morgan fingerprint density at radius 3 is 2.77 bits per heavy atom. The van der Waals surface area contributed by atoms with Crippen LogP contribution in [-0.4, -0.2) is 27.8 Å². The molecule has 7 nitrogen and oxygen atoms in total. The molecule has 2 aromatic carbocycles. The summed E-state index contributed by atoms with van der Waals surface area (Å²) in [6.07, 6.45) is 0.294. The topological polar surface area (TPSA) is 74.5 Å². The minimum Gasteiger partial charge on any atom is -0.454 e. The fraction of sp³-hybridized carbons (Fsp3) is 0.273. The lowest BCUT2D eigenvalue weighted by atomic mass is 10.2. The lowest BCUT2D eigenvalue weighted by Crippen LogP contribution is -2.23.